The molecule has 0 bridgehead atoms. The van der Waals surface area contributed by atoms with Gasteiger partial charge in [-0.1, -0.05) is 41.7 Å². The van der Waals surface area contributed by atoms with E-state index >= 15 is 0 Å². The van der Waals surface area contributed by atoms with Crippen molar-refractivity contribution in [2.45, 2.75) is 13.3 Å². The zero-order chi connectivity index (χ0) is 26.8. The predicted molar refractivity (Wildman–Crippen MR) is 160 cm³/mol. The van der Waals surface area contributed by atoms with Crippen molar-refractivity contribution in [1.82, 2.24) is 14.9 Å². The molecule has 0 unspecified atom stereocenters. The molecular formula is C30H30N4O3S2. The fourth-order valence-electron chi connectivity index (χ4n) is 4.99. The van der Waals surface area contributed by atoms with E-state index in [-0.39, 0.29) is 5.91 Å². The number of carbonyl (C=O) groups excluding carboxylic acids is 1. The molecule has 200 valence electrons. The minimum Gasteiger partial charge on any atom is -0.494 e. The summed E-state index contributed by atoms with van der Waals surface area (Å²) in [6.45, 7) is 6.88. The van der Waals surface area contributed by atoms with Gasteiger partial charge in [-0.2, -0.15) is 0 Å². The van der Waals surface area contributed by atoms with Gasteiger partial charge < -0.3 is 9.47 Å². The van der Waals surface area contributed by atoms with Crippen LogP contribution in [-0.2, 0) is 4.74 Å². The van der Waals surface area contributed by atoms with Crippen LogP contribution in [-0.4, -0.2) is 67.3 Å². The molecule has 1 aliphatic heterocycles. The third-order valence-corrected chi connectivity index (χ3v) is 9.17. The second-order valence-electron chi connectivity index (χ2n) is 9.57. The number of thiazole rings is 1. The second kappa shape index (κ2) is 11.4. The van der Waals surface area contributed by atoms with Gasteiger partial charge in [0.15, 0.2) is 5.13 Å². The number of fused-ring (bicyclic) bond motifs is 2. The molecule has 0 spiro atoms. The van der Waals surface area contributed by atoms with Crippen LogP contribution in [0.5, 0.6) is 5.75 Å². The average Bonchev–Trinajstić information content (AvgIpc) is 3.67. The monoisotopic (exact) mass is 558 g/mol. The molecule has 1 aliphatic rings. The Morgan fingerprint density at radius 1 is 1.10 bits per heavy atom. The van der Waals surface area contributed by atoms with Crippen LogP contribution in [0.2, 0.25) is 0 Å². The lowest BCUT2D eigenvalue weighted by molar-refractivity contribution is 0.0376. The van der Waals surface area contributed by atoms with E-state index in [1.165, 1.54) is 0 Å². The molecule has 4 heterocycles. The van der Waals surface area contributed by atoms with Crippen molar-refractivity contribution in [2.75, 3.05) is 51.4 Å². The summed E-state index contributed by atoms with van der Waals surface area (Å²) in [5, 5.41) is 3.56. The maximum absolute atomic E-state index is 14.5. The SMILES string of the molecule is COc1ccc(C)c2sc(N(CCCN3CCOCC3)C(=O)c3cc(-c4cccs4)nc4ccccc34)nc12. The van der Waals surface area contributed by atoms with Gasteiger partial charge in [0.25, 0.3) is 5.91 Å². The Hall–Kier alpha value is -3.37. The summed E-state index contributed by atoms with van der Waals surface area (Å²) >= 11 is 3.17. The Labute approximate surface area is 235 Å². The molecule has 1 saturated heterocycles. The molecule has 7 nitrogen and oxygen atoms in total. The van der Waals surface area contributed by atoms with Crippen molar-refractivity contribution in [1.29, 1.82) is 0 Å². The van der Waals surface area contributed by atoms with Gasteiger partial charge in [-0.15, -0.1) is 11.3 Å². The number of methoxy groups -OCH3 is 1. The van der Waals surface area contributed by atoms with E-state index < -0.39 is 0 Å². The van der Waals surface area contributed by atoms with Crippen molar-refractivity contribution in [3.63, 3.8) is 0 Å². The van der Waals surface area contributed by atoms with E-state index in [1.54, 1.807) is 29.8 Å². The maximum Gasteiger partial charge on any atom is 0.260 e. The maximum atomic E-state index is 14.5. The Morgan fingerprint density at radius 2 is 1.95 bits per heavy atom. The van der Waals surface area contributed by atoms with Crippen LogP contribution >= 0.6 is 22.7 Å². The largest absolute Gasteiger partial charge is 0.494 e. The number of anilines is 1. The number of nitrogens with zero attached hydrogens (tertiary/aromatic N) is 4. The highest BCUT2D eigenvalue weighted by molar-refractivity contribution is 7.22. The number of hydrogen-bond acceptors (Lipinski definition) is 8. The zero-order valence-corrected chi connectivity index (χ0v) is 23.7. The minimum absolute atomic E-state index is 0.0657. The van der Waals surface area contributed by atoms with Crippen molar-refractivity contribution in [2.24, 2.45) is 0 Å². The van der Waals surface area contributed by atoms with E-state index in [9.17, 15) is 4.79 Å². The van der Waals surface area contributed by atoms with Gasteiger partial charge in [0.1, 0.15) is 11.3 Å². The Kier molecular flexibility index (Phi) is 7.56. The zero-order valence-electron chi connectivity index (χ0n) is 22.1. The van der Waals surface area contributed by atoms with Crippen LogP contribution in [0.15, 0.2) is 60.0 Å². The van der Waals surface area contributed by atoms with Gasteiger partial charge in [0.2, 0.25) is 0 Å². The lowest BCUT2D eigenvalue weighted by Crippen LogP contribution is -2.39. The first-order chi connectivity index (χ1) is 19.1. The molecule has 0 saturated carbocycles. The first kappa shape index (κ1) is 25.9. The lowest BCUT2D eigenvalue weighted by atomic mass is 10.1. The Balaban J connectivity index is 1.42. The van der Waals surface area contributed by atoms with Gasteiger partial charge in [-0.25, -0.2) is 9.97 Å². The number of rotatable bonds is 8. The van der Waals surface area contributed by atoms with Gasteiger partial charge in [0, 0.05) is 31.6 Å². The molecular weight excluding hydrogens is 528 g/mol. The summed E-state index contributed by atoms with van der Waals surface area (Å²) < 4.78 is 12.2. The smallest absolute Gasteiger partial charge is 0.260 e. The van der Waals surface area contributed by atoms with E-state index in [0.717, 1.165) is 76.5 Å². The molecule has 6 rings (SSSR count). The summed E-state index contributed by atoms with van der Waals surface area (Å²) in [6, 6.07) is 17.8. The summed E-state index contributed by atoms with van der Waals surface area (Å²) in [4.78, 5) is 29.6. The summed E-state index contributed by atoms with van der Waals surface area (Å²) in [7, 11) is 1.66. The number of amides is 1. The van der Waals surface area contributed by atoms with Crippen LogP contribution in [0.3, 0.4) is 0 Å². The van der Waals surface area contributed by atoms with Crippen LogP contribution < -0.4 is 9.64 Å². The van der Waals surface area contributed by atoms with Crippen molar-refractivity contribution in [3.05, 3.63) is 71.1 Å². The molecule has 1 fully saturated rings. The first-order valence-electron chi connectivity index (χ1n) is 13.1. The second-order valence-corrected chi connectivity index (χ2v) is 11.5. The molecule has 0 N–H and O–H groups in total. The highest BCUT2D eigenvalue weighted by atomic mass is 32.1. The van der Waals surface area contributed by atoms with E-state index in [0.29, 0.717) is 23.0 Å². The summed E-state index contributed by atoms with van der Waals surface area (Å²) in [6.07, 6.45) is 0.832. The number of aryl methyl sites for hydroxylation is 1. The van der Waals surface area contributed by atoms with Gasteiger partial charge in [-0.05, 0) is 48.6 Å². The molecule has 0 aliphatic carbocycles. The molecule has 9 heteroatoms. The third-order valence-electron chi connectivity index (χ3n) is 7.07. The predicted octanol–water partition coefficient (Wildman–Crippen LogP) is 6.26. The molecule has 0 atom stereocenters. The van der Waals surface area contributed by atoms with Gasteiger partial charge in [0.05, 0.1) is 46.7 Å². The van der Waals surface area contributed by atoms with Crippen LogP contribution in [0.1, 0.15) is 22.3 Å². The fraction of sp³-hybridized carbons (Fsp3) is 0.300. The third kappa shape index (κ3) is 5.27. The number of pyridine rings is 1. The Morgan fingerprint density at radius 3 is 2.74 bits per heavy atom. The average molecular weight is 559 g/mol. The number of ether oxygens (including phenoxy) is 2. The van der Waals surface area contributed by atoms with Gasteiger partial charge in [-0.3, -0.25) is 14.6 Å². The summed E-state index contributed by atoms with van der Waals surface area (Å²) in [5.41, 5.74) is 4.16. The number of para-hydroxylation sites is 1. The molecule has 0 radical (unpaired) electrons. The highest BCUT2D eigenvalue weighted by Gasteiger charge is 2.26. The summed E-state index contributed by atoms with van der Waals surface area (Å²) in [5.74, 6) is 0.650. The number of thiophene rings is 1. The van der Waals surface area contributed by atoms with Crippen LogP contribution in [0.25, 0.3) is 31.7 Å². The number of hydrogen-bond donors (Lipinski definition) is 0. The topological polar surface area (TPSA) is 67.8 Å². The lowest BCUT2D eigenvalue weighted by Gasteiger charge is -2.28. The Bertz CT molecular complexity index is 1610. The standard InChI is InChI=1S/C30H30N4O3S2/c1-20-10-11-25(36-2)27-28(20)39-30(32-27)34(13-6-12-33-14-16-37-17-15-33)29(35)22-19-24(26-9-5-18-38-26)31-23-8-4-3-7-21(22)23/h3-5,7-11,18-19H,6,12-17H2,1-2H3. The van der Waals surface area contributed by atoms with Crippen LogP contribution in [0, 0.1) is 6.92 Å². The fourth-order valence-corrected chi connectivity index (χ4v) is 6.75. The first-order valence-corrected chi connectivity index (χ1v) is 14.8. The van der Waals surface area contributed by atoms with Crippen molar-refractivity contribution < 1.29 is 14.3 Å². The number of morpholine rings is 1. The van der Waals surface area contributed by atoms with E-state index in [4.69, 9.17) is 19.4 Å². The minimum atomic E-state index is -0.0657. The van der Waals surface area contributed by atoms with E-state index in [2.05, 4.69) is 11.8 Å². The molecule has 39 heavy (non-hydrogen) atoms. The van der Waals surface area contributed by atoms with Gasteiger partial charge >= 0.3 is 0 Å². The molecule has 1 amide bonds. The molecule has 2 aromatic carbocycles. The highest BCUT2D eigenvalue weighted by Crippen LogP contribution is 2.38. The van der Waals surface area contributed by atoms with Crippen molar-refractivity contribution >= 4 is 54.8 Å². The molecule has 3 aromatic heterocycles. The number of aromatic nitrogens is 2. The number of benzene rings is 2. The van der Waals surface area contributed by atoms with Crippen LogP contribution in [0.4, 0.5) is 5.13 Å². The van der Waals surface area contributed by atoms with Crippen molar-refractivity contribution in [3.8, 4) is 16.3 Å². The number of carbonyl (C=O) groups is 1. The quantitative estimate of drug-likeness (QED) is 0.224. The molecule has 5 aromatic rings. The normalized spacial score (nSPS) is 14.2. The van der Waals surface area contributed by atoms with E-state index in [1.807, 2.05) is 64.9 Å².